The molecule has 0 aliphatic carbocycles. The third-order valence-corrected chi connectivity index (χ3v) is 17.3. The van der Waals surface area contributed by atoms with Crippen LogP contribution in [0.1, 0.15) is 72.2 Å². The van der Waals surface area contributed by atoms with Crippen molar-refractivity contribution in [2.45, 2.75) is 141 Å². The van der Waals surface area contributed by atoms with Crippen molar-refractivity contribution >= 4 is 45.1 Å². The van der Waals surface area contributed by atoms with Crippen LogP contribution in [-0.2, 0) is 40.1 Å². The second-order valence-electron chi connectivity index (χ2n) is 19.3. The van der Waals surface area contributed by atoms with Crippen molar-refractivity contribution in [3.05, 3.63) is 52.3 Å². The van der Waals surface area contributed by atoms with Crippen LogP contribution < -0.4 is 9.64 Å². The minimum absolute atomic E-state index is 0.0444. The Morgan fingerprint density at radius 1 is 1.00 bits per heavy atom. The molecule has 0 unspecified atom stereocenters. The molecule has 1 aromatic carbocycles. The lowest BCUT2D eigenvalue weighted by atomic mass is 10.1. The second-order valence-corrected chi connectivity index (χ2v) is 29.9. The molecule has 4 aromatic rings. The average Bonchev–Trinajstić information content (AvgIpc) is 3.84. The molecule has 0 bridgehead atoms. The van der Waals surface area contributed by atoms with Gasteiger partial charge in [-0.1, -0.05) is 84.9 Å². The topological polar surface area (TPSA) is 160 Å². The number of imidazole rings is 1. The molecule has 5 heterocycles. The number of aromatic amines is 1. The third-order valence-electron chi connectivity index (χ3n) is 10.6. The molecule has 0 spiro atoms. The van der Waals surface area contributed by atoms with Gasteiger partial charge in [-0.15, -0.1) is 0 Å². The number of aromatic nitrogens is 5. The Hall–Kier alpha value is -2.87. The van der Waals surface area contributed by atoms with Crippen LogP contribution in [0.5, 0.6) is 6.01 Å². The van der Waals surface area contributed by atoms with E-state index in [9.17, 15) is 15.0 Å². The number of hydrogen-bond donors (Lipinski definition) is 4. The average molecular weight is 830 g/mol. The van der Waals surface area contributed by atoms with Gasteiger partial charge in [-0.3, -0.25) is 4.68 Å². The van der Waals surface area contributed by atoms with Crippen molar-refractivity contribution in [1.82, 2.24) is 24.7 Å². The molecular weight excluding hydrogens is 768 g/mol. The summed E-state index contributed by atoms with van der Waals surface area (Å²) in [6, 6.07) is 9.34. The molecule has 56 heavy (non-hydrogen) atoms. The molecule has 0 radical (unpaired) electrons. The molecule has 3 aromatic heterocycles. The van der Waals surface area contributed by atoms with Crippen LogP contribution in [0.2, 0.25) is 40.8 Å². The number of aliphatic hydroxyl groups is 2. The van der Waals surface area contributed by atoms with Crippen molar-refractivity contribution in [3.63, 3.8) is 0 Å². The Morgan fingerprint density at radius 2 is 1.68 bits per heavy atom. The number of benzene rings is 1. The van der Waals surface area contributed by atoms with Crippen molar-refractivity contribution in [3.8, 4) is 17.3 Å². The fraction of sp³-hybridized carbons (Fsp3) is 0.625. The van der Waals surface area contributed by atoms with Gasteiger partial charge in [-0.25, -0.2) is 4.98 Å². The summed E-state index contributed by atoms with van der Waals surface area (Å²) in [6.45, 7) is 25.3. The highest BCUT2D eigenvalue weighted by Gasteiger charge is 2.56. The normalized spacial score (nSPS) is 19.7. The lowest BCUT2D eigenvalue weighted by Gasteiger charge is -2.45. The van der Waals surface area contributed by atoms with Crippen molar-refractivity contribution in [2.24, 2.45) is 0 Å². The van der Waals surface area contributed by atoms with Crippen LogP contribution >= 0.6 is 11.6 Å². The van der Waals surface area contributed by atoms with Crippen molar-refractivity contribution in [1.29, 1.82) is 0 Å². The first-order chi connectivity index (χ1) is 25.9. The molecular formula is C40H61ClN6O7Si2. The van der Waals surface area contributed by atoms with E-state index in [1.165, 1.54) is 0 Å². The van der Waals surface area contributed by atoms with Crippen LogP contribution in [-0.4, -0.2) is 100 Å². The number of hydrogen-bond acceptors (Lipinski definition) is 11. The SMILES string of the molecule is CC(C)(O)Cn1cc2c(n1)CN(c1ccc(-c3nc4nc(O[C@@H]5CO[C@H](CO[Si](O)(C(C)(C)C)C(C)(C)C)[C@H]5O)[nH]c4c(COCC[Si](C)(C)C)c3Cl)cc1)C2. The predicted octanol–water partition coefficient (Wildman–Crippen LogP) is 7.18. The minimum Gasteiger partial charge on any atom is -0.456 e. The van der Waals surface area contributed by atoms with Gasteiger partial charge in [0.25, 0.3) is 6.01 Å². The zero-order valence-electron chi connectivity index (χ0n) is 34.9. The fourth-order valence-corrected chi connectivity index (χ4v) is 12.1. The monoisotopic (exact) mass is 828 g/mol. The quantitative estimate of drug-likeness (QED) is 0.0754. The van der Waals surface area contributed by atoms with E-state index in [1.807, 2.05) is 64.6 Å². The van der Waals surface area contributed by atoms with E-state index in [-0.39, 0.29) is 25.8 Å². The Bertz CT molecular complexity index is 1960. The highest BCUT2D eigenvalue weighted by Crippen LogP contribution is 2.50. The summed E-state index contributed by atoms with van der Waals surface area (Å²) in [5, 5.41) is 25.8. The summed E-state index contributed by atoms with van der Waals surface area (Å²) in [5.41, 5.74) is 5.54. The van der Waals surface area contributed by atoms with Gasteiger partial charge in [-0.2, -0.15) is 10.1 Å². The van der Waals surface area contributed by atoms with Gasteiger partial charge >= 0.3 is 8.56 Å². The summed E-state index contributed by atoms with van der Waals surface area (Å²) in [5.74, 6) is 0. The predicted molar refractivity (Wildman–Crippen MR) is 224 cm³/mol. The van der Waals surface area contributed by atoms with E-state index < -0.39 is 50.6 Å². The zero-order valence-corrected chi connectivity index (χ0v) is 37.6. The van der Waals surface area contributed by atoms with Crippen molar-refractivity contribution < 1.29 is 33.6 Å². The van der Waals surface area contributed by atoms with Gasteiger partial charge in [-0.05, 0) is 32.0 Å². The second kappa shape index (κ2) is 15.7. The number of nitrogens with zero attached hydrogens (tertiary/aromatic N) is 5. The zero-order chi connectivity index (χ0) is 41.0. The number of fused-ring (bicyclic) bond motifs is 2. The number of pyridine rings is 1. The third kappa shape index (κ3) is 9.37. The van der Waals surface area contributed by atoms with E-state index >= 15 is 0 Å². The van der Waals surface area contributed by atoms with Gasteiger partial charge in [0.2, 0.25) is 0 Å². The first-order valence-corrected chi connectivity index (χ1v) is 25.5. The molecule has 0 saturated carbocycles. The molecule has 308 valence electrons. The Morgan fingerprint density at radius 3 is 2.29 bits per heavy atom. The minimum atomic E-state index is -3.26. The first-order valence-electron chi connectivity index (χ1n) is 19.5. The maximum atomic E-state index is 11.7. The Kier molecular flexibility index (Phi) is 12.0. The van der Waals surface area contributed by atoms with E-state index in [0.717, 1.165) is 40.7 Å². The summed E-state index contributed by atoms with van der Waals surface area (Å²) in [7, 11) is -4.58. The molecule has 13 nitrogen and oxygen atoms in total. The van der Waals surface area contributed by atoms with Crippen LogP contribution in [0.25, 0.3) is 22.4 Å². The molecule has 4 N–H and O–H groups in total. The fourth-order valence-electron chi connectivity index (χ4n) is 7.49. The van der Waals surface area contributed by atoms with Crippen LogP contribution in [0.4, 0.5) is 5.69 Å². The van der Waals surface area contributed by atoms with E-state index in [0.29, 0.717) is 41.6 Å². The lowest BCUT2D eigenvalue weighted by molar-refractivity contribution is -0.00916. The summed E-state index contributed by atoms with van der Waals surface area (Å²) in [4.78, 5) is 26.8. The van der Waals surface area contributed by atoms with Gasteiger partial charge < -0.3 is 43.5 Å². The maximum Gasteiger partial charge on any atom is 0.346 e. The largest absolute Gasteiger partial charge is 0.456 e. The Labute approximate surface area is 338 Å². The lowest BCUT2D eigenvalue weighted by Crippen LogP contribution is -2.56. The number of ether oxygens (including phenoxy) is 3. The molecule has 1 fully saturated rings. The van der Waals surface area contributed by atoms with E-state index in [1.54, 1.807) is 13.8 Å². The molecule has 1 saturated heterocycles. The van der Waals surface area contributed by atoms with E-state index in [2.05, 4.69) is 41.7 Å². The number of halogens is 1. The molecule has 2 aliphatic heterocycles. The summed E-state index contributed by atoms with van der Waals surface area (Å²) < 4.78 is 26.4. The highest BCUT2D eigenvalue weighted by molar-refractivity contribution is 6.76. The number of aliphatic hydroxyl groups excluding tert-OH is 1. The van der Waals surface area contributed by atoms with Crippen molar-refractivity contribution in [2.75, 3.05) is 24.7 Å². The highest BCUT2D eigenvalue weighted by atomic mass is 35.5. The smallest absolute Gasteiger partial charge is 0.346 e. The van der Waals surface area contributed by atoms with Gasteiger partial charge in [0, 0.05) is 59.9 Å². The van der Waals surface area contributed by atoms with E-state index in [4.69, 9.17) is 45.3 Å². The Balaban J connectivity index is 1.20. The van der Waals surface area contributed by atoms with Gasteiger partial charge in [0.15, 0.2) is 11.8 Å². The molecule has 6 rings (SSSR count). The molecule has 0 amide bonds. The summed E-state index contributed by atoms with van der Waals surface area (Å²) >= 11 is 7.17. The number of rotatable bonds is 14. The van der Waals surface area contributed by atoms with Gasteiger partial charge in [0.1, 0.15) is 12.2 Å². The number of nitrogens with one attached hydrogen (secondary N) is 1. The standard InChI is InChI=1S/C40H61ClN6O7Si2/c1-38(2,3)56(50,39(4,5)6)53-23-30-35(48)31(22-52-30)54-37-43-34-28(21-51-16-17-55(9,10)11)32(41)33(42-36(34)44-37)25-12-14-27(15-13-25)46-18-26-19-47(24-40(7,8)49)45-29(26)20-46/h12-15,19,30-31,35,48-50H,16-18,20-24H2,1-11H3,(H,42,43,44)/t30-,31-,35-/m1/s1. The van der Waals surface area contributed by atoms with Crippen LogP contribution in [0.3, 0.4) is 0 Å². The maximum absolute atomic E-state index is 11.7. The molecule has 3 atom stereocenters. The first kappa shape index (κ1) is 42.7. The van der Waals surface area contributed by atoms with Crippen LogP contribution in [0.15, 0.2) is 30.5 Å². The number of anilines is 1. The van der Waals surface area contributed by atoms with Crippen LogP contribution in [0, 0.1) is 0 Å². The molecule has 16 heteroatoms. The molecule has 2 aliphatic rings. The summed E-state index contributed by atoms with van der Waals surface area (Å²) in [6.07, 6.45) is -0.393. The number of H-pyrrole nitrogens is 1. The van der Waals surface area contributed by atoms with Gasteiger partial charge in [0.05, 0.1) is 60.4 Å².